The van der Waals surface area contributed by atoms with Gasteiger partial charge in [0, 0.05) is 0 Å². The van der Waals surface area contributed by atoms with Gasteiger partial charge in [-0.25, -0.2) is 9.22 Å². The normalized spacial score (nSPS) is 11.4. The summed E-state index contributed by atoms with van der Waals surface area (Å²) in [6.45, 7) is 0.220. The SMILES string of the molecule is COc1ccc(/C=N/NS(=O)(=O)c2ccccc2)cc1OCc1ccc(F)cc1. The molecule has 8 heteroatoms. The molecule has 3 rings (SSSR count). The van der Waals surface area contributed by atoms with Gasteiger partial charge in [0.15, 0.2) is 11.5 Å². The van der Waals surface area contributed by atoms with Gasteiger partial charge < -0.3 is 9.47 Å². The molecule has 0 aliphatic carbocycles. The Hall–Kier alpha value is -3.39. The molecule has 1 N–H and O–H groups in total. The third-order valence-corrected chi connectivity index (χ3v) is 5.17. The van der Waals surface area contributed by atoms with E-state index >= 15 is 0 Å². The molecule has 29 heavy (non-hydrogen) atoms. The fourth-order valence-electron chi connectivity index (χ4n) is 2.45. The minimum Gasteiger partial charge on any atom is -0.493 e. The number of hydrogen-bond donors (Lipinski definition) is 1. The van der Waals surface area contributed by atoms with E-state index in [2.05, 4.69) is 9.93 Å². The molecule has 0 saturated carbocycles. The summed E-state index contributed by atoms with van der Waals surface area (Å²) in [6, 6.07) is 19.0. The van der Waals surface area contributed by atoms with Crippen LogP contribution < -0.4 is 14.3 Å². The van der Waals surface area contributed by atoms with Gasteiger partial charge >= 0.3 is 0 Å². The molecule has 0 aromatic heterocycles. The first-order valence-electron chi connectivity index (χ1n) is 8.63. The number of nitrogens with one attached hydrogen (secondary N) is 1. The lowest BCUT2D eigenvalue weighted by Gasteiger charge is -2.11. The maximum absolute atomic E-state index is 13.0. The Labute approximate surface area is 168 Å². The maximum Gasteiger partial charge on any atom is 0.276 e. The Morgan fingerprint density at radius 1 is 1.00 bits per heavy atom. The van der Waals surface area contributed by atoms with Gasteiger partial charge in [-0.3, -0.25) is 0 Å². The van der Waals surface area contributed by atoms with Gasteiger partial charge in [0.2, 0.25) is 0 Å². The smallest absolute Gasteiger partial charge is 0.276 e. The zero-order valence-corrected chi connectivity index (χ0v) is 16.4. The van der Waals surface area contributed by atoms with Crippen LogP contribution in [0.25, 0.3) is 0 Å². The molecular weight excluding hydrogens is 395 g/mol. The fourth-order valence-corrected chi connectivity index (χ4v) is 3.26. The van der Waals surface area contributed by atoms with Crippen molar-refractivity contribution >= 4 is 16.2 Å². The van der Waals surface area contributed by atoms with Crippen molar-refractivity contribution in [1.82, 2.24) is 4.83 Å². The number of nitrogens with zero attached hydrogens (tertiary/aromatic N) is 1. The molecule has 3 aromatic carbocycles. The first-order chi connectivity index (χ1) is 14.0. The highest BCUT2D eigenvalue weighted by atomic mass is 32.2. The van der Waals surface area contributed by atoms with Crippen molar-refractivity contribution in [2.24, 2.45) is 5.10 Å². The first-order valence-corrected chi connectivity index (χ1v) is 10.1. The summed E-state index contributed by atoms with van der Waals surface area (Å²) >= 11 is 0. The molecule has 0 atom stereocenters. The Morgan fingerprint density at radius 3 is 2.41 bits per heavy atom. The molecule has 0 aliphatic rings. The lowest BCUT2D eigenvalue weighted by molar-refractivity contribution is 0.284. The van der Waals surface area contributed by atoms with E-state index in [0.29, 0.717) is 17.1 Å². The lowest BCUT2D eigenvalue weighted by Crippen LogP contribution is -2.18. The summed E-state index contributed by atoms with van der Waals surface area (Å²) in [5, 5.41) is 3.81. The number of methoxy groups -OCH3 is 1. The van der Waals surface area contributed by atoms with Crippen LogP contribution in [0.4, 0.5) is 4.39 Å². The summed E-state index contributed by atoms with van der Waals surface area (Å²) in [4.78, 5) is 2.29. The van der Waals surface area contributed by atoms with Gasteiger partial charge in [0.05, 0.1) is 18.2 Å². The standard InChI is InChI=1S/C21H19FN2O4S/c1-27-20-12-9-17(13-21(20)28-15-16-7-10-18(22)11-8-16)14-23-24-29(25,26)19-5-3-2-4-6-19/h2-14,24H,15H2,1H3/b23-14+. The quantitative estimate of drug-likeness (QED) is 0.450. The Balaban J connectivity index is 1.70. The maximum atomic E-state index is 13.0. The number of ether oxygens (including phenoxy) is 2. The Morgan fingerprint density at radius 2 is 1.72 bits per heavy atom. The molecule has 150 valence electrons. The number of hydrogen-bond acceptors (Lipinski definition) is 5. The molecular formula is C21H19FN2O4S. The van der Waals surface area contributed by atoms with Crippen molar-refractivity contribution in [3.8, 4) is 11.5 Å². The van der Waals surface area contributed by atoms with Crippen molar-refractivity contribution in [3.63, 3.8) is 0 Å². The van der Waals surface area contributed by atoms with E-state index in [1.54, 1.807) is 48.5 Å². The highest BCUT2D eigenvalue weighted by Crippen LogP contribution is 2.28. The molecule has 0 amide bonds. The molecule has 6 nitrogen and oxygen atoms in total. The molecule has 0 fully saturated rings. The fraction of sp³-hybridized carbons (Fsp3) is 0.0952. The number of halogens is 1. The number of hydrazone groups is 1. The molecule has 0 heterocycles. The minimum atomic E-state index is -3.74. The second kappa shape index (κ2) is 9.20. The van der Waals surface area contributed by atoms with Gasteiger partial charge in [-0.2, -0.15) is 13.5 Å². The van der Waals surface area contributed by atoms with E-state index in [-0.39, 0.29) is 17.3 Å². The second-order valence-corrected chi connectivity index (χ2v) is 7.65. The van der Waals surface area contributed by atoms with Crippen molar-refractivity contribution in [1.29, 1.82) is 0 Å². The molecule has 3 aromatic rings. The summed E-state index contributed by atoms with van der Waals surface area (Å²) in [6.07, 6.45) is 1.37. The third kappa shape index (κ3) is 5.55. The summed E-state index contributed by atoms with van der Waals surface area (Å²) < 4.78 is 48.4. The number of sulfonamides is 1. The van der Waals surface area contributed by atoms with Crippen LogP contribution >= 0.6 is 0 Å². The van der Waals surface area contributed by atoms with Crippen LogP contribution in [-0.4, -0.2) is 21.7 Å². The van der Waals surface area contributed by atoms with E-state index in [4.69, 9.17) is 9.47 Å². The van der Waals surface area contributed by atoms with Gasteiger partial charge in [-0.1, -0.05) is 30.3 Å². The zero-order valence-electron chi connectivity index (χ0n) is 15.6. The van der Waals surface area contributed by atoms with Crippen LogP contribution in [0.1, 0.15) is 11.1 Å². The van der Waals surface area contributed by atoms with E-state index in [0.717, 1.165) is 5.56 Å². The Bertz CT molecular complexity index is 1090. The summed E-state index contributed by atoms with van der Waals surface area (Å²) in [7, 11) is -2.22. The molecule has 0 unspecified atom stereocenters. The topological polar surface area (TPSA) is 77.0 Å². The molecule has 0 radical (unpaired) electrons. The number of benzene rings is 3. The van der Waals surface area contributed by atoms with E-state index in [1.807, 2.05) is 0 Å². The summed E-state index contributed by atoms with van der Waals surface area (Å²) in [5.74, 6) is 0.642. The van der Waals surface area contributed by atoms with Crippen LogP contribution in [0.15, 0.2) is 82.8 Å². The highest BCUT2D eigenvalue weighted by molar-refractivity contribution is 7.89. The van der Waals surface area contributed by atoms with Gasteiger partial charge in [0.25, 0.3) is 10.0 Å². The zero-order chi connectivity index (χ0) is 20.7. The van der Waals surface area contributed by atoms with Crippen molar-refractivity contribution in [2.45, 2.75) is 11.5 Å². The average Bonchev–Trinajstić information content (AvgIpc) is 2.74. The van der Waals surface area contributed by atoms with Gasteiger partial charge in [-0.05, 0) is 53.6 Å². The monoisotopic (exact) mass is 414 g/mol. The predicted octanol–water partition coefficient (Wildman–Crippen LogP) is 3.73. The second-order valence-electron chi connectivity index (χ2n) is 5.99. The molecule has 0 spiro atoms. The van der Waals surface area contributed by atoms with Crippen LogP contribution in [0.3, 0.4) is 0 Å². The molecule has 0 saturated heterocycles. The van der Waals surface area contributed by atoms with Crippen LogP contribution in [-0.2, 0) is 16.6 Å². The predicted molar refractivity (Wildman–Crippen MR) is 108 cm³/mol. The van der Waals surface area contributed by atoms with E-state index < -0.39 is 10.0 Å². The van der Waals surface area contributed by atoms with E-state index in [1.165, 1.54) is 37.6 Å². The van der Waals surface area contributed by atoms with Crippen molar-refractivity contribution < 1.29 is 22.3 Å². The summed E-state index contributed by atoms with van der Waals surface area (Å²) in [5.41, 5.74) is 1.40. The minimum absolute atomic E-state index is 0.121. The third-order valence-electron chi connectivity index (χ3n) is 3.94. The lowest BCUT2D eigenvalue weighted by atomic mass is 10.2. The van der Waals surface area contributed by atoms with Crippen LogP contribution in [0.2, 0.25) is 0 Å². The largest absolute Gasteiger partial charge is 0.493 e. The number of rotatable bonds is 8. The van der Waals surface area contributed by atoms with Gasteiger partial charge in [0.1, 0.15) is 12.4 Å². The van der Waals surface area contributed by atoms with Gasteiger partial charge in [-0.15, -0.1) is 0 Å². The first kappa shape index (κ1) is 20.3. The highest BCUT2D eigenvalue weighted by Gasteiger charge is 2.11. The Kier molecular flexibility index (Phi) is 6.46. The molecule has 0 bridgehead atoms. The van der Waals surface area contributed by atoms with Crippen molar-refractivity contribution in [2.75, 3.05) is 7.11 Å². The molecule has 0 aliphatic heterocycles. The van der Waals surface area contributed by atoms with Crippen LogP contribution in [0, 0.1) is 5.82 Å². The van der Waals surface area contributed by atoms with Crippen molar-refractivity contribution in [3.05, 3.63) is 89.7 Å². The average molecular weight is 414 g/mol. The van der Waals surface area contributed by atoms with Crippen LogP contribution in [0.5, 0.6) is 11.5 Å². The van der Waals surface area contributed by atoms with E-state index in [9.17, 15) is 12.8 Å².